The number of oxazole rings is 1. The molecule has 0 aliphatic heterocycles. The Morgan fingerprint density at radius 3 is 2.54 bits per heavy atom. The van der Waals surface area contributed by atoms with Crippen molar-refractivity contribution < 1.29 is 27.5 Å². The van der Waals surface area contributed by atoms with Crippen LogP contribution in [0.3, 0.4) is 0 Å². The van der Waals surface area contributed by atoms with E-state index in [2.05, 4.69) is 10.3 Å². The van der Waals surface area contributed by atoms with Crippen LogP contribution in [0.1, 0.15) is 44.2 Å². The van der Waals surface area contributed by atoms with Crippen molar-refractivity contribution in [2.24, 2.45) is 29.1 Å². The predicted octanol–water partition coefficient (Wildman–Crippen LogP) is 2.63. The average Bonchev–Trinajstić information content (AvgIpc) is 2.99. The minimum atomic E-state index is -3.09. The molecule has 142 valence electrons. The van der Waals surface area contributed by atoms with Gasteiger partial charge in [-0.3, -0.25) is 9.59 Å². The number of esters is 1. The molecule has 0 radical (unpaired) electrons. The van der Waals surface area contributed by atoms with E-state index in [9.17, 15) is 18.4 Å². The van der Waals surface area contributed by atoms with E-state index in [0.29, 0.717) is 0 Å². The molecule has 0 aromatic carbocycles. The zero-order valence-corrected chi connectivity index (χ0v) is 14.8. The van der Waals surface area contributed by atoms with Gasteiger partial charge in [-0.2, -0.15) is 8.78 Å². The molecule has 1 aromatic rings. The molecule has 1 aromatic heterocycles. The van der Waals surface area contributed by atoms with Gasteiger partial charge in [-0.25, -0.2) is 4.98 Å². The van der Waals surface area contributed by atoms with Gasteiger partial charge >= 0.3 is 5.97 Å². The highest BCUT2D eigenvalue weighted by Gasteiger charge is 2.71. The van der Waals surface area contributed by atoms with Crippen LogP contribution in [0.25, 0.3) is 0 Å². The van der Waals surface area contributed by atoms with Crippen molar-refractivity contribution in [2.75, 3.05) is 7.11 Å². The maximum absolute atomic E-state index is 13.2. The number of rotatable bonds is 5. The molecule has 3 saturated carbocycles. The van der Waals surface area contributed by atoms with Crippen LogP contribution in [0.15, 0.2) is 10.7 Å². The van der Waals surface area contributed by atoms with Gasteiger partial charge in [-0.05, 0) is 42.9 Å². The molecule has 3 aliphatic carbocycles. The van der Waals surface area contributed by atoms with Gasteiger partial charge in [0.1, 0.15) is 12.0 Å². The summed E-state index contributed by atoms with van der Waals surface area (Å²) in [5.41, 5.74) is -0.340. The summed E-state index contributed by atoms with van der Waals surface area (Å²) in [6, 6.07) is 0. The minimum absolute atomic E-state index is 0.0220. The highest BCUT2D eigenvalue weighted by Crippen LogP contribution is 2.74. The molecule has 26 heavy (non-hydrogen) atoms. The first-order valence-corrected chi connectivity index (χ1v) is 8.96. The molecule has 6 nitrogen and oxygen atoms in total. The lowest BCUT2D eigenvalue weighted by molar-refractivity contribution is -0.152. The van der Waals surface area contributed by atoms with E-state index in [1.165, 1.54) is 7.11 Å². The third-order valence-electron chi connectivity index (χ3n) is 6.54. The van der Waals surface area contributed by atoms with E-state index in [0.717, 1.165) is 38.9 Å². The maximum atomic E-state index is 13.2. The second-order valence-electron chi connectivity index (χ2n) is 7.83. The van der Waals surface area contributed by atoms with Crippen LogP contribution in [-0.2, 0) is 26.8 Å². The van der Waals surface area contributed by atoms with Crippen LogP contribution in [0.5, 0.6) is 0 Å². The fraction of sp³-hybridized carbons (Fsp3) is 0.722. The number of amides is 1. The normalized spacial score (nSPS) is 31.2. The number of alkyl halides is 2. The number of nitrogens with one attached hydrogen (secondary N) is 1. The van der Waals surface area contributed by atoms with E-state index >= 15 is 0 Å². The Balaban J connectivity index is 1.47. The van der Waals surface area contributed by atoms with E-state index in [1.54, 1.807) is 0 Å². The van der Waals surface area contributed by atoms with Gasteiger partial charge in [0.2, 0.25) is 11.8 Å². The number of carbonyl (C=O) groups excluding carboxylic acids is 2. The van der Waals surface area contributed by atoms with Crippen LogP contribution in [0, 0.1) is 29.1 Å². The molecule has 4 unspecified atom stereocenters. The molecule has 1 N–H and O–H groups in total. The van der Waals surface area contributed by atoms with Crippen LogP contribution in [0.2, 0.25) is 0 Å². The first kappa shape index (κ1) is 17.4. The third kappa shape index (κ3) is 2.53. The summed E-state index contributed by atoms with van der Waals surface area (Å²) in [7, 11) is 1.35. The first-order valence-electron chi connectivity index (χ1n) is 8.96. The largest absolute Gasteiger partial charge is 0.469 e. The van der Waals surface area contributed by atoms with Crippen molar-refractivity contribution in [3.63, 3.8) is 0 Å². The van der Waals surface area contributed by atoms with E-state index < -0.39 is 23.5 Å². The Morgan fingerprint density at radius 2 is 2.00 bits per heavy atom. The zero-order chi connectivity index (χ0) is 18.7. The molecule has 3 fully saturated rings. The monoisotopic (exact) mass is 368 g/mol. The standard InChI is InChI=1S/C18H22F2N2O4/c1-17(19,20)11-8-26-12(22-11)7-21-15(23)13-9-3-4-10(18(9)5-6-18)14(13)16(24)25-2/h8-10,13-14H,3-7H2,1-2H3,(H,21,23). The maximum Gasteiger partial charge on any atom is 0.309 e. The summed E-state index contributed by atoms with van der Waals surface area (Å²) in [6.45, 7) is 0.655. The van der Waals surface area contributed by atoms with Crippen molar-refractivity contribution in [3.8, 4) is 0 Å². The first-order chi connectivity index (χ1) is 12.3. The number of hydrogen-bond donors (Lipinski definition) is 1. The molecule has 1 heterocycles. The van der Waals surface area contributed by atoms with E-state index in [1.807, 2.05) is 0 Å². The lowest BCUT2D eigenvalue weighted by atomic mass is 9.78. The van der Waals surface area contributed by atoms with Gasteiger partial charge in [0.25, 0.3) is 5.92 Å². The molecule has 4 atom stereocenters. The van der Waals surface area contributed by atoms with Crippen molar-refractivity contribution in [1.82, 2.24) is 10.3 Å². The molecule has 3 aliphatic rings. The topological polar surface area (TPSA) is 81.4 Å². The van der Waals surface area contributed by atoms with Gasteiger partial charge in [0.15, 0.2) is 0 Å². The summed E-state index contributed by atoms with van der Waals surface area (Å²) in [4.78, 5) is 28.8. The van der Waals surface area contributed by atoms with Crippen LogP contribution in [0.4, 0.5) is 8.78 Å². The SMILES string of the molecule is COC(=O)C1C(C(=O)NCc2nc(C(C)(F)F)co2)C2CCC1C21CC1. The number of aromatic nitrogens is 1. The summed E-state index contributed by atoms with van der Waals surface area (Å²) < 4.78 is 36.4. The smallest absolute Gasteiger partial charge is 0.309 e. The lowest BCUT2D eigenvalue weighted by Gasteiger charge is -2.27. The lowest BCUT2D eigenvalue weighted by Crippen LogP contribution is -2.41. The number of halogens is 2. The molecular formula is C18H22F2N2O4. The van der Waals surface area contributed by atoms with E-state index in [4.69, 9.17) is 9.15 Å². The van der Waals surface area contributed by atoms with Crippen molar-refractivity contribution in [1.29, 1.82) is 0 Å². The minimum Gasteiger partial charge on any atom is -0.469 e. The van der Waals surface area contributed by atoms with Gasteiger partial charge in [-0.1, -0.05) is 0 Å². The van der Waals surface area contributed by atoms with Crippen molar-refractivity contribution in [2.45, 2.75) is 45.1 Å². The number of carbonyl (C=O) groups is 2. The van der Waals surface area contributed by atoms with Crippen molar-refractivity contribution in [3.05, 3.63) is 17.8 Å². The molecule has 8 heteroatoms. The van der Waals surface area contributed by atoms with Gasteiger partial charge < -0.3 is 14.5 Å². The van der Waals surface area contributed by atoms with E-state index in [-0.39, 0.29) is 41.6 Å². The molecule has 0 saturated heterocycles. The Labute approximate surface area is 149 Å². The number of hydrogen-bond acceptors (Lipinski definition) is 5. The highest BCUT2D eigenvalue weighted by atomic mass is 19.3. The molecule has 4 rings (SSSR count). The molecule has 1 spiro atoms. The fourth-order valence-electron chi connectivity index (χ4n) is 5.34. The Morgan fingerprint density at radius 1 is 1.35 bits per heavy atom. The summed E-state index contributed by atoms with van der Waals surface area (Å²) in [5.74, 6) is -4.08. The number of nitrogens with zero attached hydrogens (tertiary/aromatic N) is 1. The molecular weight excluding hydrogens is 346 g/mol. The molecule has 2 bridgehead atoms. The van der Waals surface area contributed by atoms with Gasteiger partial charge in [0.05, 0.1) is 25.5 Å². The zero-order valence-electron chi connectivity index (χ0n) is 14.8. The number of ether oxygens (including phenoxy) is 1. The van der Waals surface area contributed by atoms with Gasteiger partial charge in [0, 0.05) is 6.92 Å². The molecule has 1 amide bonds. The second-order valence-corrected chi connectivity index (χ2v) is 7.83. The summed E-state index contributed by atoms with van der Waals surface area (Å²) >= 11 is 0. The van der Waals surface area contributed by atoms with Gasteiger partial charge in [-0.15, -0.1) is 0 Å². The Bertz CT molecular complexity index is 738. The van der Waals surface area contributed by atoms with Crippen molar-refractivity contribution >= 4 is 11.9 Å². The van der Waals surface area contributed by atoms with Crippen LogP contribution in [-0.4, -0.2) is 24.0 Å². The Kier molecular flexibility index (Phi) is 3.86. The third-order valence-corrected chi connectivity index (χ3v) is 6.54. The average molecular weight is 368 g/mol. The summed E-state index contributed by atoms with van der Waals surface area (Å²) in [6.07, 6.45) is 4.93. The predicted molar refractivity (Wildman–Crippen MR) is 84.8 cm³/mol. The Hall–Kier alpha value is -1.99. The van der Waals surface area contributed by atoms with Crippen LogP contribution < -0.4 is 5.32 Å². The second kappa shape index (κ2) is 5.76. The fourth-order valence-corrected chi connectivity index (χ4v) is 5.34. The highest BCUT2D eigenvalue weighted by molar-refractivity contribution is 5.87. The van der Waals surface area contributed by atoms with Crippen LogP contribution >= 0.6 is 0 Å². The number of methoxy groups -OCH3 is 1. The summed E-state index contributed by atoms with van der Waals surface area (Å²) in [5, 5.41) is 2.72. The quantitative estimate of drug-likeness (QED) is 0.808.